The molecule has 0 saturated carbocycles. The van der Waals surface area contributed by atoms with Crippen LogP contribution in [-0.4, -0.2) is 35.4 Å². The van der Waals surface area contributed by atoms with Crippen molar-refractivity contribution in [1.29, 1.82) is 0 Å². The number of carbonyl (C=O) groups excluding carboxylic acids is 1. The summed E-state index contributed by atoms with van der Waals surface area (Å²) in [6.45, 7) is 1.57. The zero-order valence-electron chi connectivity index (χ0n) is 6.00. The summed E-state index contributed by atoms with van der Waals surface area (Å²) in [5, 5.41) is 19.4. The number of nitrogens with one attached hydrogen (secondary N) is 1. The maximum absolute atomic E-state index is 10.4. The van der Waals surface area contributed by atoms with E-state index in [4.69, 9.17) is 10.2 Å². The molecular weight excluding hydrogens is 134 g/mol. The van der Waals surface area contributed by atoms with E-state index in [-0.39, 0.29) is 0 Å². The first-order valence-corrected chi connectivity index (χ1v) is 3.22. The molecule has 1 amide bonds. The van der Waals surface area contributed by atoms with Crippen LogP contribution in [-0.2, 0) is 4.79 Å². The van der Waals surface area contributed by atoms with Crippen LogP contribution in [0.15, 0.2) is 0 Å². The third-order valence-corrected chi connectivity index (χ3v) is 1.03. The van der Waals surface area contributed by atoms with Crippen molar-refractivity contribution in [3.05, 3.63) is 0 Å². The highest BCUT2D eigenvalue weighted by Crippen LogP contribution is 1.84. The monoisotopic (exact) mass is 147 g/mol. The van der Waals surface area contributed by atoms with Crippen LogP contribution in [0.5, 0.6) is 0 Å². The highest BCUT2D eigenvalue weighted by molar-refractivity contribution is 5.76. The minimum atomic E-state index is -0.486. The second-order valence-corrected chi connectivity index (χ2v) is 2.15. The minimum absolute atomic E-state index is 0.402. The summed E-state index contributed by atoms with van der Waals surface area (Å²) in [7, 11) is 0. The van der Waals surface area contributed by atoms with Crippen molar-refractivity contribution in [3.8, 4) is 0 Å². The van der Waals surface area contributed by atoms with E-state index in [2.05, 4.69) is 5.32 Å². The van der Waals surface area contributed by atoms with Gasteiger partial charge < -0.3 is 15.5 Å². The molecule has 0 aliphatic rings. The standard InChI is InChI=1S/C6H13NO3/c1-5(9)2-3-7-6(10)4-8/h5,8-9H,2-4H2,1H3,(H,7,10)/t5-/m0/s1. The van der Waals surface area contributed by atoms with Crippen LogP contribution < -0.4 is 5.32 Å². The molecule has 0 bridgehead atoms. The second kappa shape index (κ2) is 5.20. The van der Waals surface area contributed by atoms with Crippen LogP contribution in [0.2, 0.25) is 0 Å². The zero-order chi connectivity index (χ0) is 7.98. The van der Waals surface area contributed by atoms with E-state index in [1.807, 2.05) is 0 Å². The minimum Gasteiger partial charge on any atom is -0.393 e. The van der Waals surface area contributed by atoms with Gasteiger partial charge in [0.1, 0.15) is 6.61 Å². The van der Waals surface area contributed by atoms with Crippen LogP contribution in [0.25, 0.3) is 0 Å². The Balaban J connectivity index is 3.12. The Labute approximate surface area is 59.9 Å². The molecule has 0 spiro atoms. The molecule has 0 aliphatic heterocycles. The smallest absolute Gasteiger partial charge is 0.245 e. The van der Waals surface area contributed by atoms with E-state index in [1.54, 1.807) is 6.92 Å². The highest BCUT2D eigenvalue weighted by Gasteiger charge is 1.98. The Morgan fingerprint density at radius 3 is 2.70 bits per heavy atom. The number of aliphatic hydroxyl groups is 2. The fourth-order valence-corrected chi connectivity index (χ4v) is 0.476. The Morgan fingerprint density at radius 1 is 1.70 bits per heavy atom. The summed E-state index contributed by atoms with van der Waals surface area (Å²) in [5.74, 6) is -0.402. The van der Waals surface area contributed by atoms with Crippen LogP contribution in [0, 0.1) is 0 Å². The van der Waals surface area contributed by atoms with Crippen molar-refractivity contribution in [2.75, 3.05) is 13.2 Å². The number of amides is 1. The van der Waals surface area contributed by atoms with Crippen LogP contribution >= 0.6 is 0 Å². The molecular formula is C6H13NO3. The molecule has 0 aliphatic carbocycles. The van der Waals surface area contributed by atoms with Gasteiger partial charge in [-0.25, -0.2) is 0 Å². The quantitative estimate of drug-likeness (QED) is 0.471. The van der Waals surface area contributed by atoms with E-state index >= 15 is 0 Å². The second-order valence-electron chi connectivity index (χ2n) is 2.15. The lowest BCUT2D eigenvalue weighted by Crippen LogP contribution is -2.28. The SMILES string of the molecule is C[C@H](O)CCNC(=O)CO. The lowest BCUT2D eigenvalue weighted by molar-refractivity contribution is -0.123. The maximum atomic E-state index is 10.4. The summed E-state index contributed by atoms with van der Waals surface area (Å²) < 4.78 is 0. The van der Waals surface area contributed by atoms with Gasteiger partial charge in [-0.2, -0.15) is 0 Å². The Kier molecular flexibility index (Phi) is 4.88. The molecule has 0 radical (unpaired) electrons. The topological polar surface area (TPSA) is 69.6 Å². The van der Waals surface area contributed by atoms with Crippen molar-refractivity contribution in [2.24, 2.45) is 0 Å². The first-order chi connectivity index (χ1) is 4.66. The fraction of sp³-hybridized carbons (Fsp3) is 0.833. The van der Waals surface area contributed by atoms with Gasteiger partial charge in [-0.1, -0.05) is 0 Å². The van der Waals surface area contributed by atoms with Gasteiger partial charge in [0.25, 0.3) is 0 Å². The number of hydrogen-bond donors (Lipinski definition) is 3. The van der Waals surface area contributed by atoms with Gasteiger partial charge in [-0.15, -0.1) is 0 Å². The van der Waals surface area contributed by atoms with E-state index in [0.717, 1.165) is 0 Å². The Hall–Kier alpha value is -0.610. The first kappa shape index (κ1) is 9.39. The molecule has 0 aromatic carbocycles. The van der Waals surface area contributed by atoms with Gasteiger partial charge in [-0.05, 0) is 13.3 Å². The van der Waals surface area contributed by atoms with Gasteiger partial charge in [0.2, 0.25) is 5.91 Å². The fourth-order valence-electron chi connectivity index (χ4n) is 0.476. The van der Waals surface area contributed by atoms with E-state index < -0.39 is 18.6 Å². The van der Waals surface area contributed by atoms with E-state index in [0.29, 0.717) is 13.0 Å². The number of rotatable bonds is 4. The lowest BCUT2D eigenvalue weighted by atomic mass is 10.3. The van der Waals surface area contributed by atoms with Gasteiger partial charge >= 0.3 is 0 Å². The first-order valence-electron chi connectivity index (χ1n) is 3.22. The molecule has 0 unspecified atom stereocenters. The molecule has 60 valence electrons. The molecule has 0 aromatic rings. The summed E-state index contributed by atoms with van der Waals surface area (Å²) in [4.78, 5) is 10.4. The van der Waals surface area contributed by atoms with Crippen LogP contribution in [0.3, 0.4) is 0 Å². The third-order valence-electron chi connectivity index (χ3n) is 1.03. The third kappa shape index (κ3) is 5.53. The molecule has 0 rings (SSSR count). The van der Waals surface area contributed by atoms with Crippen LogP contribution in [0.4, 0.5) is 0 Å². The largest absolute Gasteiger partial charge is 0.393 e. The van der Waals surface area contributed by atoms with Crippen molar-refractivity contribution in [2.45, 2.75) is 19.4 Å². The van der Waals surface area contributed by atoms with E-state index in [1.165, 1.54) is 0 Å². The van der Waals surface area contributed by atoms with Crippen molar-refractivity contribution in [3.63, 3.8) is 0 Å². The number of aliphatic hydroxyl groups excluding tert-OH is 2. The number of hydrogen-bond acceptors (Lipinski definition) is 3. The molecule has 4 heteroatoms. The lowest BCUT2D eigenvalue weighted by Gasteiger charge is -2.03. The van der Waals surface area contributed by atoms with E-state index in [9.17, 15) is 4.79 Å². The van der Waals surface area contributed by atoms with Crippen molar-refractivity contribution in [1.82, 2.24) is 5.32 Å². The average molecular weight is 147 g/mol. The predicted octanol–water partition coefficient (Wildman–Crippen LogP) is -1.13. The molecule has 0 heterocycles. The number of carbonyl (C=O) groups is 1. The molecule has 1 atom stereocenters. The Morgan fingerprint density at radius 2 is 2.30 bits per heavy atom. The molecule has 0 aromatic heterocycles. The zero-order valence-corrected chi connectivity index (χ0v) is 6.00. The summed E-state index contributed by atoms with van der Waals surface area (Å²) >= 11 is 0. The van der Waals surface area contributed by atoms with Crippen molar-refractivity contribution >= 4 is 5.91 Å². The molecule has 10 heavy (non-hydrogen) atoms. The van der Waals surface area contributed by atoms with Gasteiger partial charge in [0.05, 0.1) is 6.10 Å². The van der Waals surface area contributed by atoms with Crippen molar-refractivity contribution < 1.29 is 15.0 Å². The maximum Gasteiger partial charge on any atom is 0.245 e. The average Bonchev–Trinajstić information content (AvgIpc) is 1.87. The van der Waals surface area contributed by atoms with Gasteiger partial charge in [-0.3, -0.25) is 4.79 Å². The molecule has 3 N–H and O–H groups in total. The van der Waals surface area contributed by atoms with Gasteiger partial charge in [0.15, 0.2) is 0 Å². The van der Waals surface area contributed by atoms with Gasteiger partial charge in [0, 0.05) is 6.54 Å². The Bertz CT molecular complexity index is 103. The summed E-state index contributed by atoms with van der Waals surface area (Å²) in [6, 6.07) is 0. The normalized spacial score (nSPS) is 12.7. The molecule has 0 saturated heterocycles. The summed E-state index contributed by atoms with van der Waals surface area (Å²) in [6.07, 6.45) is 0.116. The molecule has 4 nitrogen and oxygen atoms in total. The predicted molar refractivity (Wildman–Crippen MR) is 36.4 cm³/mol. The highest BCUT2D eigenvalue weighted by atomic mass is 16.3. The molecule has 0 fully saturated rings. The summed E-state index contributed by atoms with van der Waals surface area (Å²) in [5.41, 5.74) is 0. The van der Waals surface area contributed by atoms with Crippen LogP contribution in [0.1, 0.15) is 13.3 Å².